The van der Waals surface area contributed by atoms with Gasteiger partial charge in [0.05, 0.1) is 19.8 Å². The summed E-state index contributed by atoms with van der Waals surface area (Å²) in [5.41, 5.74) is -0.835. The molecule has 0 aromatic heterocycles. The van der Waals surface area contributed by atoms with Crippen molar-refractivity contribution in [2.75, 3.05) is 59.7 Å². The van der Waals surface area contributed by atoms with Gasteiger partial charge in [0.1, 0.15) is 5.41 Å². The molecule has 0 atom stereocenters. The van der Waals surface area contributed by atoms with Crippen molar-refractivity contribution in [2.24, 2.45) is 5.41 Å². The van der Waals surface area contributed by atoms with Gasteiger partial charge < -0.3 is 20.1 Å². The highest BCUT2D eigenvalue weighted by Crippen LogP contribution is 2.46. The molecule has 0 aromatic rings. The number of nitrogens with zero attached hydrogens (tertiary/aromatic N) is 1. The first-order valence-corrected chi connectivity index (χ1v) is 7.55. The molecule has 0 spiro atoms. The summed E-state index contributed by atoms with van der Waals surface area (Å²) in [6.07, 6.45) is 1.27. The third kappa shape index (κ3) is 4.39. The van der Waals surface area contributed by atoms with Crippen molar-refractivity contribution in [3.8, 4) is 0 Å². The molecule has 0 unspecified atom stereocenters. The molecule has 0 bridgehead atoms. The van der Waals surface area contributed by atoms with Crippen LogP contribution in [0.3, 0.4) is 0 Å². The molecule has 1 aliphatic carbocycles. The SMILES string of the molecule is COCCNC(=O)C1(C(=O)NCCN2CCOCC2)CC1. The van der Waals surface area contributed by atoms with Gasteiger partial charge in [-0.15, -0.1) is 0 Å². The largest absolute Gasteiger partial charge is 0.383 e. The molecule has 7 nitrogen and oxygen atoms in total. The van der Waals surface area contributed by atoms with Crippen LogP contribution in [0.2, 0.25) is 0 Å². The molecule has 1 heterocycles. The van der Waals surface area contributed by atoms with E-state index in [1.165, 1.54) is 0 Å². The molecule has 1 aliphatic heterocycles. The lowest BCUT2D eigenvalue weighted by atomic mass is 10.1. The lowest BCUT2D eigenvalue weighted by Crippen LogP contribution is -2.46. The molecule has 2 amide bonds. The summed E-state index contributed by atoms with van der Waals surface area (Å²) >= 11 is 0. The molecule has 2 fully saturated rings. The highest BCUT2D eigenvalue weighted by atomic mass is 16.5. The van der Waals surface area contributed by atoms with Gasteiger partial charge in [-0.2, -0.15) is 0 Å². The Hall–Kier alpha value is -1.18. The summed E-state index contributed by atoms with van der Waals surface area (Å²) in [6.45, 7) is 5.58. The van der Waals surface area contributed by atoms with Crippen molar-refractivity contribution < 1.29 is 19.1 Å². The topological polar surface area (TPSA) is 79.9 Å². The number of carbonyl (C=O) groups excluding carboxylic acids is 2. The van der Waals surface area contributed by atoms with Crippen LogP contribution >= 0.6 is 0 Å². The van der Waals surface area contributed by atoms with E-state index in [1.54, 1.807) is 7.11 Å². The average molecular weight is 299 g/mol. The molecule has 1 saturated carbocycles. The first kappa shape index (κ1) is 16.2. The van der Waals surface area contributed by atoms with Crippen LogP contribution in [0.15, 0.2) is 0 Å². The number of amides is 2. The zero-order valence-corrected chi connectivity index (χ0v) is 12.7. The summed E-state index contributed by atoms with van der Waals surface area (Å²) in [6, 6.07) is 0. The first-order chi connectivity index (χ1) is 10.2. The smallest absolute Gasteiger partial charge is 0.235 e. The van der Waals surface area contributed by atoms with Crippen LogP contribution in [0, 0.1) is 5.41 Å². The molecule has 1 saturated heterocycles. The monoisotopic (exact) mass is 299 g/mol. The zero-order chi connectivity index (χ0) is 15.1. The van der Waals surface area contributed by atoms with E-state index in [1.807, 2.05) is 0 Å². The number of ether oxygens (including phenoxy) is 2. The molecule has 7 heteroatoms. The van der Waals surface area contributed by atoms with Crippen LogP contribution < -0.4 is 10.6 Å². The van der Waals surface area contributed by atoms with Gasteiger partial charge in [-0.25, -0.2) is 0 Å². The number of hydrogen-bond donors (Lipinski definition) is 2. The lowest BCUT2D eigenvalue weighted by Gasteiger charge is -2.26. The van der Waals surface area contributed by atoms with E-state index < -0.39 is 5.41 Å². The summed E-state index contributed by atoms with van der Waals surface area (Å²) in [4.78, 5) is 26.5. The van der Waals surface area contributed by atoms with Crippen LogP contribution in [0.5, 0.6) is 0 Å². The van der Waals surface area contributed by atoms with Gasteiger partial charge in [-0.05, 0) is 12.8 Å². The minimum atomic E-state index is -0.835. The molecule has 0 aromatic carbocycles. The van der Waals surface area contributed by atoms with Crippen molar-refractivity contribution in [1.29, 1.82) is 0 Å². The Morgan fingerprint density at radius 3 is 2.33 bits per heavy atom. The maximum atomic E-state index is 12.2. The van der Waals surface area contributed by atoms with Crippen molar-refractivity contribution in [1.82, 2.24) is 15.5 Å². The summed E-state index contributed by atoms with van der Waals surface area (Å²) in [5, 5.41) is 5.65. The molecule has 2 aliphatic rings. The van der Waals surface area contributed by atoms with E-state index in [2.05, 4.69) is 15.5 Å². The van der Waals surface area contributed by atoms with Gasteiger partial charge in [0.25, 0.3) is 0 Å². The number of methoxy groups -OCH3 is 1. The van der Waals surface area contributed by atoms with E-state index in [9.17, 15) is 9.59 Å². The number of rotatable bonds is 8. The Morgan fingerprint density at radius 1 is 1.14 bits per heavy atom. The van der Waals surface area contributed by atoms with Crippen LogP contribution in [0.25, 0.3) is 0 Å². The lowest BCUT2D eigenvalue weighted by molar-refractivity contribution is -0.137. The predicted octanol–water partition coefficient (Wildman–Crippen LogP) is -1.02. The number of morpholine rings is 1. The van der Waals surface area contributed by atoms with Crippen LogP contribution in [-0.2, 0) is 19.1 Å². The fourth-order valence-corrected chi connectivity index (χ4v) is 2.44. The van der Waals surface area contributed by atoms with Crippen molar-refractivity contribution in [3.05, 3.63) is 0 Å². The second kappa shape index (κ2) is 7.72. The van der Waals surface area contributed by atoms with Gasteiger partial charge in [0.15, 0.2) is 0 Å². The normalized spacial score (nSPS) is 20.8. The Kier molecular flexibility index (Phi) is 5.96. The highest BCUT2D eigenvalue weighted by molar-refractivity contribution is 6.07. The second-order valence-electron chi connectivity index (χ2n) is 5.54. The van der Waals surface area contributed by atoms with Gasteiger partial charge in [0, 0.05) is 39.8 Å². The van der Waals surface area contributed by atoms with Gasteiger partial charge >= 0.3 is 0 Å². The van der Waals surface area contributed by atoms with Gasteiger partial charge in [-0.3, -0.25) is 14.5 Å². The minimum absolute atomic E-state index is 0.148. The van der Waals surface area contributed by atoms with Crippen molar-refractivity contribution in [3.63, 3.8) is 0 Å². The average Bonchev–Trinajstić information content (AvgIpc) is 3.30. The third-order valence-electron chi connectivity index (χ3n) is 4.03. The fourth-order valence-electron chi connectivity index (χ4n) is 2.44. The summed E-state index contributed by atoms with van der Waals surface area (Å²) < 4.78 is 10.2. The van der Waals surface area contributed by atoms with Crippen LogP contribution in [0.1, 0.15) is 12.8 Å². The molecule has 2 rings (SSSR count). The van der Waals surface area contributed by atoms with Crippen LogP contribution in [-0.4, -0.2) is 76.4 Å². The van der Waals surface area contributed by atoms with Crippen LogP contribution in [0.4, 0.5) is 0 Å². The standard InChI is InChI=1S/C14H25N3O4/c1-20-9-5-16-13(19)14(2-3-14)12(18)15-4-6-17-7-10-21-11-8-17/h2-11H2,1H3,(H,15,18)(H,16,19). The second-order valence-corrected chi connectivity index (χ2v) is 5.54. The molecule has 21 heavy (non-hydrogen) atoms. The maximum Gasteiger partial charge on any atom is 0.235 e. The Labute approximate surface area is 125 Å². The van der Waals surface area contributed by atoms with E-state index in [0.29, 0.717) is 32.5 Å². The number of nitrogens with one attached hydrogen (secondary N) is 2. The van der Waals surface area contributed by atoms with Gasteiger partial charge in [-0.1, -0.05) is 0 Å². The van der Waals surface area contributed by atoms with E-state index in [0.717, 1.165) is 32.8 Å². The predicted molar refractivity (Wildman–Crippen MR) is 76.8 cm³/mol. The number of carbonyl (C=O) groups is 2. The van der Waals surface area contributed by atoms with Gasteiger partial charge in [0.2, 0.25) is 11.8 Å². The molecular weight excluding hydrogens is 274 g/mol. The molecule has 2 N–H and O–H groups in total. The van der Waals surface area contributed by atoms with Crippen molar-refractivity contribution in [2.45, 2.75) is 12.8 Å². The Bertz CT molecular complexity index is 365. The highest BCUT2D eigenvalue weighted by Gasteiger charge is 2.56. The van der Waals surface area contributed by atoms with E-state index in [-0.39, 0.29) is 11.8 Å². The minimum Gasteiger partial charge on any atom is -0.383 e. The maximum absolute atomic E-state index is 12.2. The third-order valence-corrected chi connectivity index (χ3v) is 4.03. The quantitative estimate of drug-likeness (QED) is 0.443. The fraction of sp³-hybridized carbons (Fsp3) is 0.857. The summed E-state index contributed by atoms with van der Waals surface area (Å²) in [5.74, 6) is -0.325. The van der Waals surface area contributed by atoms with Crippen molar-refractivity contribution >= 4 is 11.8 Å². The molecule has 0 radical (unpaired) electrons. The first-order valence-electron chi connectivity index (χ1n) is 7.55. The molecule has 120 valence electrons. The summed E-state index contributed by atoms with van der Waals surface area (Å²) in [7, 11) is 1.58. The number of hydrogen-bond acceptors (Lipinski definition) is 5. The Morgan fingerprint density at radius 2 is 1.76 bits per heavy atom. The zero-order valence-electron chi connectivity index (χ0n) is 12.7. The molecular formula is C14H25N3O4. The van der Waals surface area contributed by atoms with E-state index in [4.69, 9.17) is 9.47 Å². The van der Waals surface area contributed by atoms with E-state index >= 15 is 0 Å². The Balaban J connectivity index is 1.68.